The minimum absolute atomic E-state index is 0.595. The van der Waals surface area contributed by atoms with Gasteiger partial charge in [-0.25, -0.2) is 4.39 Å². The normalized spacial score (nSPS) is 25.6. The quantitative estimate of drug-likeness (QED) is 0.641. The molecule has 0 N–H and O–H groups in total. The predicted molar refractivity (Wildman–Crippen MR) is 107 cm³/mol. The van der Waals surface area contributed by atoms with Crippen LogP contribution < -0.4 is 4.90 Å². The molecule has 0 aromatic heterocycles. The van der Waals surface area contributed by atoms with E-state index in [4.69, 9.17) is 4.99 Å². The zero-order valence-corrected chi connectivity index (χ0v) is 15.5. The summed E-state index contributed by atoms with van der Waals surface area (Å²) in [7, 11) is 0. The van der Waals surface area contributed by atoms with Gasteiger partial charge in [-0.3, -0.25) is 4.99 Å². The molecule has 1 aliphatic carbocycles. The van der Waals surface area contributed by atoms with E-state index >= 15 is 4.39 Å². The number of rotatable bonds is 3. The summed E-state index contributed by atoms with van der Waals surface area (Å²) in [6.45, 7) is 2.61. The average Bonchev–Trinajstić information content (AvgIpc) is 2.90. The lowest BCUT2D eigenvalue weighted by molar-refractivity contribution is 0.0586. The van der Waals surface area contributed by atoms with Crippen molar-refractivity contribution in [2.24, 2.45) is 4.99 Å². The Bertz CT molecular complexity index is 763. The number of nitrogens with zero attached hydrogens (tertiary/aromatic N) is 2. The van der Waals surface area contributed by atoms with E-state index in [1.54, 1.807) is 0 Å². The molecule has 2 aromatic rings. The summed E-state index contributed by atoms with van der Waals surface area (Å²) in [5.74, 6) is 0.889. The molecule has 0 radical (unpaired) electrons. The van der Waals surface area contributed by atoms with E-state index in [0.717, 1.165) is 42.8 Å². The highest BCUT2D eigenvalue weighted by molar-refractivity contribution is 6.11. The Morgan fingerprint density at radius 3 is 2.04 bits per heavy atom. The van der Waals surface area contributed by atoms with Crippen molar-refractivity contribution in [2.75, 3.05) is 11.4 Å². The molecule has 0 amide bonds. The van der Waals surface area contributed by atoms with Crippen LogP contribution in [0.3, 0.4) is 0 Å². The van der Waals surface area contributed by atoms with Crippen molar-refractivity contribution in [3.05, 3.63) is 66.2 Å². The zero-order valence-electron chi connectivity index (χ0n) is 15.5. The number of hydrogen-bond acceptors (Lipinski definition) is 2. The van der Waals surface area contributed by atoms with Crippen LogP contribution in [0.1, 0.15) is 51.0 Å². The van der Waals surface area contributed by atoms with Crippen molar-refractivity contribution in [3.63, 3.8) is 0 Å². The second-order valence-electron chi connectivity index (χ2n) is 7.88. The topological polar surface area (TPSA) is 15.6 Å². The van der Waals surface area contributed by atoms with Crippen LogP contribution >= 0.6 is 0 Å². The highest BCUT2D eigenvalue weighted by atomic mass is 19.1. The van der Waals surface area contributed by atoms with Crippen LogP contribution in [0.25, 0.3) is 0 Å². The average molecular weight is 350 g/mol. The van der Waals surface area contributed by atoms with E-state index in [9.17, 15) is 0 Å². The fourth-order valence-corrected chi connectivity index (χ4v) is 4.41. The first-order valence-electron chi connectivity index (χ1n) is 9.78. The Kier molecular flexibility index (Phi) is 4.56. The van der Waals surface area contributed by atoms with Crippen molar-refractivity contribution >= 4 is 11.5 Å². The minimum atomic E-state index is -1.23. The molecule has 1 fully saturated rings. The molecule has 0 bridgehead atoms. The fourth-order valence-electron chi connectivity index (χ4n) is 4.41. The summed E-state index contributed by atoms with van der Waals surface area (Å²) in [6, 6.07) is 20.4. The molecule has 3 heteroatoms. The Labute approximate surface area is 155 Å². The first-order chi connectivity index (χ1) is 12.6. The van der Waals surface area contributed by atoms with Gasteiger partial charge in [-0.05, 0) is 31.9 Å². The van der Waals surface area contributed by atoms with Crippen LogP contribution in [0, 0.1) is 0 Å². The van der Waals surface area contributed by atoms with E-state index in [1.807, 2.05) is 43.3 Å². The molecule has 1 saturated carbocycles. The number of hydrogen-bond donors (Lipinski definition) is 0. The van der Waals surface area contributed by atoms with Gasteiger partial charge in [-0.1, -0.05) is 74.2 Å². The van der Waals surface area contributed by atoms with E-state index in [1.165, 1.54) is 0 Å². The van der Waals surface area contributed by atoms with Gasteiger partial charge in [0.2, 0.25) is 0 Å². The number of anilines is 1. The molecule has 0 saturated heterocycles. The van der Waals surface area contributed by atoms with Gasteiger partial charge in [-0.15, -0.1) is 0 Å². The fraction of sp³-hybridized carbons (Fsp3) is 0.435. The van der Waals surface area contributed by atoms with Crippen molar-refractivity contribution in [2.45, 2.75) is 56.7 Å². The summed E-state index contributed by atoms with van der Waals surface area (Å²) >= 11 is 0. The highest BCUT2D eigenvalue weighted by Crippen LogP contribution is 2.45. The zero-order chi connectivity index (χ0) is 18.0. The lowest BCUT2D eigenvalue weighted by Crippen LogP contribution is -2.50. The molecule has 1 heterocycles. The summed E-state index contributed by atoms with van der Waals surface area (Å²) in [4.78, 5) is 7.25. The van der Waals surface area contributed by atoms with Gasteiger partial charge in [0.1, 0.15) is 17.0 Å². The molecule has 1 aliphatic heterocycles. The van der Waals surface area contributed by atoms with Crippen molar-refractivity contribution in [1.82, 2.24) is 0 Å². The van der Waals surface area contributed by atoms with Gasteiger partial charge in [0.25, 0.3) is 0 Å². The molecule has 2 nitrogen and oxygen atoms in total. The second kappa shape index (κ2) is 6.86. The van der Waals surface area contributed by atoms with E-state index in [-0.39, 0.29) is 0 Å². The van der Waals surface area contributed by atoms with Crippen LogP contribution in [0.2, 0.25) is 0 Å². The van der Waals surface area contributed by atoms with Gasteiger partial charge in [0.05, 0.1) is 6.54 Å². The summed E-state index contributed by atoms with van der Waals surface area (Å²) < 4.78 is 16.2. The SMILES string of the molecule is CC1(C2(F)CCCCCC2)CN(c2ccccc2)C(c2ccccc2)=N1. The van der Waals surface area contributed by atoms with Crippen LogP contribution in [0.4, 0.5) is 10.1 Å². The van der Waals surface area contributed by atoms with E-state index in [0.29, 0.717) is 19.4 Å². The van der Waals surface area contributed by atoms with Crippen LogP contribution in [-0.4, -0.2) is 23.6 Å². The third-order valence-corrected chi connectivity index (χ3v) is 6.04. The number of halogens is 1. The van der Waals surface area contributed by atoms with Crippen LogP contribution in [-0.2, 0) is 0 Å². The largest absolute Gasteiger partial charge is 0.324 e. The first kappa shape index (κ1) is 17.3. The molecule has 26 heavy (non-hydrogen) atoms. The Balaban J connectivity index is 1.77. The van der Waals surface area contributed by atoms with Gasteiger partial charge in [0.15, 0.2) is 0 Å². The lowest BCUT2D eigenvalue weighted by atomic mass is 9.78. The molecular weight excluding hydrogens is 323 g/mol. The molecule has 4 rings (SSSR count). The maximum atomic E-state index is 16.2. The summed E-state index contributed by atoms with van der Waals surface area (Å²) in [5, 5.41) is 0. The smallest absolute Gasteiger partial charge is 0.137 e. The molecule has 1 unspecified atom stereocenters. The molecule has 0 spiro atoms. The van der Waals surface area contributed by atoms with Gasteiger partial charge < -0.3 is 4.90 Å². The number of para-hydroxylation sites is 1. The Morgan fingerprint density at radius 2 is 1.42 bits per heavy atom. The van der Waals surface area contributed by atoms with Crippen molar-refractivity contribution in [3.8, 4) is 0 Å². The number of alkyl halides is 1. The van der Waals surface area contributed by atoms with Crippen LogP contribution in [0.5, 0.6) is 0 Å². The highest BCUT2D eigenvalue weighted by Gasteiger charge is 2.53. The first-order valence-corrected chi connectivity index (χ1v) is 9.78. The second-order valence-corrected chi connectivity index (χ2v) is 7.88. The molecule has 2 aromatic carbocycles. The third kappa shape index (κ3) is 3.04. The van der Waals surface area contributed by atoms with Gasteiger partial charge in [0, 0.05) is 11.3 Å². The molecule has 136 valence electrons. The standard InChI is InChI=1S/C23H27FN2/c1-22(23(24)16-10-2-3-11-17-23)18-26(20-14-8-5-9-15-20)21(25-22)19-12-6-4-7-13-19/h4-9,12-15H,2-3,10-11,16-18H2,1H3. The maximum absolute atomic E-state index is 16.2. The van der Waals surface area contributed by atoms with Crippen molar-refractivity contribution < 1.29 is 4.39 Å². The summed E-state index contributed by atoms with van der Waals surface area (Å²) in [6.07, 6.45) is 5.45. The molecule has 2 aliphatic rings. The van der Waals surface area contributed by atoms with E-state index in [2.05, 4.69) is 29.2 Å². The monoisotopic (exact) mass is 350 g/mol. The Hall–Kier alpha value is -2.16. The Morgan fingerprint density at radius 1 is 0.846 bits per heavy atom. The molecule has 1 atom stereocenters. The third-order valence-electron chi connectivity index (χ3n) is 6.04. The van der Waals surface area contributed by atoms with E-state index < -0.39 is 11.2 Å². The number of benzene rings is 2. The number of aliphatic imine (C=N–C) groups is 1. The van der Waals surface area contributed by atoms with Crippen LogP contribution in [0.15, 0.2) is 65.7 Å². The number of amidine groups is 1. The summed E-state index contributed by atoms with van der Waals surface area (Å²) in [5.41, 5.74) is 0.194. The van der Waals surface area contributed by atoms with Gasteiger partial charge >= 0.3 is 0 Å². The predicted octanol–water partition coefficient (Wildman–Crippen LogP) is 5.77. The molecular formula is C23H27FN2. The minimum Gasteiger partial charge on any atom is -0.324 e. The van der Waals surface area contributed by atoms with Crippen molar-refractivity contribution in [1.29, 1.82) is 0 Å². The van der Waals surface area contributed by atoms with Gasteiger partial charge in [-0.2, -0.15) is 0 Å². The maximum Gasteiger partial charge on any atom is 0.137 e. The lowest BCUT2D eigenvalue weighted by Gasteiger charge is -2.38.